The van der Waals surface area contributed by atoms with Crippen LogP contribution in [0, 0.1) is 6.92 Å². The van der Waals surface area contributed by atoms with Gasteiger partial charge in [0, 0.05) is 59.4 Å². The molecule has 0 spiro atoms. The monoisotopic (exact) mass is 557 g/mol. The number of aliphatic carboxylic acids is 1. The molecule has 0 aliphatic heterocycles. The number of H-pyrrole nitrogens is 1. The third-order valence-corrected chi connectivity index (χ3v) is 5.57. The lowest BCUT2D eigenvalue weighted by Gasteiger charge is -2.14. The number of carbonyl (C=O) groups excluding carboxylic acids is 1. The van der Waals surface area contributed by atoms with Gasteiger partial charge in [0.15, 0.2) is 0 Å². The van der Waals surface area contributed by atoms with Crippen molar-refractivity contribution in [2.75, 3.05) is 6.54 Å². The van der Waals surface area contributed by atoms with Crippen molar-refractivity contribution in [2.24, 2.45) is 5.73 Å². The number of nitrogens with zero attached hydrogens (tertiary/aromatic N) is 4. The van der Waals surface area contributed by atoms with Gasteiger partial charge in [0.05, 0.1) is 17.0 Å². The fraction of sp³-hybridized carbons (Fsp3) is 0.227. The second kappa shape index (κ2) is 11.6. The van der Waals surface area contributed by atoms with E-state index >= 15 is 0 Å². The molecule has 0 radical (unpaired) electrons. The number of nitrogens with one attached hydrogen (secondary N) is 2. The molecule has 37 heavy (non-hydrogen) atoms. The van der Waals surface area contributed by atoms with E-state index in [0.29, 0.717) is 28.8 Å². The summed E-state index contributed by atoms with van der Waals surface area (Å²) in [5.74, 6) is -2.66. The van der Waals surface area contributed by atoms with Crippen molar-refractivity contribution >= 4 is 40.9 Å². The van der Waals surface area contributed by atoms with Crippen LogP contribution in [0.2, 0.25) is 10.0 Å². The number of rotatable bonds is 6. The van der Waals surface area contributed by atoms with Gasteiger partial charge in [-0.2, -0.15) is 13.2 Å². The Morgan fingerprint density at radius 3 is 2.51 bits per heavy atom. The summed E-state index contributed by atoms with van der Waals surface area (Å²) in [6.45, 7) is 2.56. The van der Waals surface area contributed by atoms with E-state index in [1.165, 1.54) is 0 Å². The number of aromatic amines is 1. The number of benzene rings is 1. The number of amides is 1. The van der Waals surface area contributed by atoms with E-state index in [1.807, 2.05) is 13.0 Å². The molecule has 3 aromatic heterocycles. The molecular formula is C22H20Cl2F3N7O3. The first-order valence-electron chi connectivity index (χ1n) is 10.5. The van der Waals surface area contributed by atoms with Crippen molar-refractivity contribution in [2.45, 2.75) is 26.1 Å². The lowest BCUT2D eigenvalue weighted by atomic mass is 10.0. The minimum atomic E-state index is -5.08. The lowest BCUT2D eigenvalue weighted by molar-refractivity contribution is -0.192. The molecular weight excluding hydrogens is 538 g/mol. The molecule has 1 amide bonds. The second-order valence-corrected chi connectivity index (χ2v) is 8.38. The molecule has 0 aliphatic carbocycles. The van der Waals surface area contributed by atoms with Crippen LogP contribution in [0.4, 0.5) is 13.2 Å². The van der Waals surface area contributed by atoms with Crippen LogP contribution < -0.4 is 11.1 Å². The third kappa shape index (κ3) is 6.76. The molecule has 4 rings (SSSR count). The molecule has 4 aromatic rings. The Morgan fingerprint density at radius 2 is 1.95 bits per heavy atom. The van der Waals surface area contributed by atoms with Crippen LogP contribution in [0.1, 0.15) is 27.4 Å². The molecule has 15 heteroatoms. The molecule has 3 heterocycles. The zero-order chi connectivity index (χ0) is 27.3. The SMILES string of the molecule is Cc1nc2nc(C(=O)NCCc3cnc[nH]3)cn2c(-c2ccc(Cl)cc2Cl)c1CN.O=C(O)C(F)(F)F. The van der Waals surface area contributed by atoms with E-state index in [-0.39, 0.29) is 18.1 Å². The van der Waals surface area contributed by atoms with E-state index in [9.17, 15) is 18.0 Å². The van der Waals surface area contributed by atoms with Gasteiger partial charge in [0.1, 0.15) is 5.69 Å². The summed E-state index contributed by atoms with van der Waals surface area (Å²) in [6.07, 6.45) is 0.526. The number of carbonyl (C=O) groups is 2. The average molecular weight is 558 g/mol. The Morgan fingerprint density at radius 1 is 1.24 bits per heavy atom. The van der Waals surface area contributed by atoms with Crippen LogP contribution in [-0.2, 0) is 17.8 Å². The largest absolute Gasteiger partial charge is 0.490 e. The molecule has 0 atom stereocenters. The molecule has 0 aliphatic rings. The number of hydrogen-bond acceptors (Lipinski definition) is 6. The minimum Gasteiger partial charge on any atom is -0.475 e. The lowest BCUT2D eigenvalue weighted by Crippen LogP contribution is -2.26. The summed E-state index contributed by atoms with van der Waals surface area (Å²) in [4.78, 5) is 37.4. The van der Waals surface area contributed by atoms with Crippen LogP contribution in [0.3, 0.4) is 0 Å². The van der Waals surface area contributed by atoms with Crippen molar-refractivity contribution in [3.05, 3.63) is 69.6 Å². The van der Waals surface area contributed by atoms with E-state index in [1.54, 1.807) is 35.3 Å². The number of nitrogens with two attached hydrogens (primary N) is 1. The highest BCUT2D eigenvalue weighted by molar-refractivity contribution is 6.36. The van der Waals surface area contributed by atoms with E-state index in [2.05, 4.69) is 25.3 Å². The summed E-state index contributed by atoms with van der Waals surface area (Å²) in [5, 5.41) is 11.0. The molecule has 196 valence electrons. The molecule has 10 nitrogen and oxygen atoms in total. The number of imidazole rings is 2. The molecule has 0 saturated carbocycles. The molecule has 5 N–H and O–H groups in total. The Kier molecular flexibility index (Phi) is 8.73. The molecule has 0 bridgehead atoms. The maximum Gasteiger partial charge on any atom is 0.490 e. The number of aryl methyl sites for hydroxylation is 1. The standard InChI is InChI=1S/C20H19Cl2N7O.C2HF3O2/c1-11-15(7-23)18(14-3-2-12(21)6-16(14)22)29-9-17(28-20(29)27-11)19(30)25-5-4-13-8-24-10-26-13;3-2(4,5)1(6)7/h2-3,6,8-10H,4-5,7,23H2,1H3,(H,24,26)(H,25,30);(H,6,7). The fourth-order valence-corrected chi connectivity index (χ4v) is 3.80. The average Bonchev–Trinajstić information content (AvgIpc) is 3.48. The predicted molar refractivity (Wildman–Crippen MR) is 129 cm³/mol. The van der Waals surface area contributed by atoms with Crippen molar-refractivity contribution < 1.29 is 27.9 Å². The molecule has 0 fully saturated rings. The van der Waals surface area contributed by atoms with Crippen LogP contribution >= 0.6 is 23.2 Å². The smallest absolute Gasteiger partial charge is 0.475 e. The second-order valence-electron chi connectivity index (χ2n) is 7.53. The van der Waals surface area contributed by atoms with Gasteiger partial charge in [-0.25, -0.2) is 19.7 Å². The van der Waals surface area contributed by atoms with E-state index in [0.717, 1.165) is 28.2 Å². The third-order valence-electron chi connectivity index (χ3n) is 5.02. The maximum atomic E-state index is 12.6. The minimum absolute atomic E-state index is 0.256. The normalized spacial score (nSPS) is 11.2. The van der Waals surface area contributed by atoms with Gasteiger partial charge >= 0.3 is 12.1 Å². The summed E-state index contributed by atoms with van der Waals surface area (Å²) in [6, 6.07) is 5.24. The van der Waals surface area contributed by atoms with Gasteiger partial charge in [-0.1, -0.05) is 23.2 Å². The predicted octanol–water partition coefficient (Wildman–Crippen LogP) is 3.80. The molecule has 0 unspecified atom stereocenters. The van der Waals surface area contributed by atoms with Crippen molar-refractivity contribution in [1.82, 2.24) is 29.7 Å². The Bertz CT molecular complexity index is 1420. The Labute approximate surface area is 217 Å². The summed E-state index contributed by atoms with van der Waals surface area (Å²) in [7, 11) is 0. The summed E-state index contributed by atoms with van der Waals surface area (Å²) in [5.41, 5.74) is 10.2. The summed E-state index contributed by atoms with van der Waals surface area (Å²) < 4.78 is 33.5. The van der Waals surface area contributed by atoms with Crippen molar-refractivity contribution in [3.8, 4) is 11.3 Å². The Hall–Kier alpha value is -3.68. The van der Waals surface area contributed by atoms with Crippen LogP contribution in [-0.4, -0.2) is 54.0 Å². The number of hydrogen-bond donors (Lipinski definition) is 4. The molecule has 1 aromatic carbocycles. The van der Waals surface area contributed by atoms with Crippen LogP contribution in [0.15, 0.2) is 36.9 Å². The first-order valence-corrected chi connectivity index (χ1v) is 11.3. The number of carboxylic acid groups (broad SMARTS) is 1. The van der Waals surface area contributed by atoms with Gasteiger partial charge in [0.25, 0.3) is 5.91 Å². The van der Waals surface area contributed by atoms with Crippen molar-refractivity contribution in [3.63, 3.8) is 0 Å². The highest BCUT2D eigenvalue weighted by Crippen LogP contribution is 2.34. The van der Waals surface area contributed by atoms with E-state index in [4.69, 9.17) is 38.8 Å². The first kappa shape index (κ1) is 27.9. The van der Waals surface area contributed by atoms with Crippen LogP contribution in [0.5, 0.6) is 0 Å². The quantitative estimate of drug-likeness (QED) is 0.281. The highest BCUT2D eigenvalue weighted by Gasteiger charge is 2.38. The number of aromatic nitrogens is 5. The number of halogens is 5. The zero-order valence-corrected chi connectivity index (χ0v) is 20.6. The van der Waals surface area contributed by atoms with Gasteiger partial charge in [0.2, 0.25) is 5.78 Å². The number of carboxylic acids is 1. The highest BCUT2D eigenvalue weighted by atomic mass is 35.5. The molecule has 0 saturated heterocycles. The van der Waals surface area contributed by atoms with Gasteiger partial charge in [-0.05, 0) is 25.1 Å². The maximum absolute atomic E-state index is 12.6. The Balaban J connectivity index is 0.000000479. The number of alkyl halides is 3. The van der Waals surface area contributed by atoms with Crippen LogP contribution in [0.25, 0.3) is 17.0 Å². The summed E-state index contributed by atoms with van der Waals surface area (Å²) >= 11 is 12.5. The number of fused-ring (bicyclic) bond motifs is 1. The van der Waals surface area contributed by atoms with Gasteiger partial charge < -0.3 is 21.1 Å². The fourth-order valence-electron chi connectivity index (χ4n) is 3.30. The zero-order valence-electron chi connectivity index (χ0n) is 19.1. The van der Waals surface area contributed by atoms with Crippen molar-refractivity contribution in [1.29, 1.82) is 0 Å². The first-order chi connectivity index (χ1) is 17.4. The van der Waals surface area contributed by atoms with Gasteiger partial charge in [-0.15, -0.1) is 0 Å². The van der Waals surface area contributed by atoms with Gasteiger partial charge in [-0.3, -0.25) is 9.20 Å². The topological polar surface area (TPSA) is 151 Å². The van der Waals surface area contributed by atoms with E-state index < -0.39 is 12.1 Å².